The zero-order chi connectivity index (χ0) is 10.0. The molecule has 72 valence electrons. The Kier molecular flexibility index (Phi) is 2.05. The van der Waals surface area contributed by atoms with Crippen molar-refractivity contribution in [1.29, 1.82) is 0 Å². The summed E-state index contributed by atoms with van der Waals surface area (Å²) in [6.07, 6.45) is 7.65. The number of aliphatic hydroxyl groups is 1. The van der Waals surface area contributed by atoms with Crippen LogP contribution in [-0.2, 0) is 5.60 Å². The molecule has 1 unspecified atom stereocenters. The van der Waals surface area contributed by atoms with Crippen molar-refractivity contribution in [1.82, 2.24) is 9.97 Å². The second-order valence-corrected chi connectivity index (χ2v) is 3.17. The van der Waals surface area contributed by atoms with Crippen LogP contribution in [0.4, 0.5) is 0 Å². The van der Waals surface area contributed by atoms with Gasteiger partial charge in [0.2, 0.25) is 0 Å². The second-order valence-electron chi connectivity index (χ2n) is 3.17. The van der Waals surface area contributed by atoms with Crippen molar-refractivity contribution in [2.45, 2.75) is 12.5 Å². The summed E-state index contributed by atoms with van der Waals surface area (Å²) in [6, 6.07) is 1.70. The van der Waals surface area contributed by atoms with Crippen LogP contribution in [0.15, 0.2) is 41.6 Å². The molecule has 0 saturated carbocycles. The maximum Gasteiger partial charge on any atom is 0.133 e. The zero-order valence-corrected chi connectivity index (χ0v) is 7.71. The zero-order valence-electron chi connectivity index (χ0n) is 7.71. The van der Waals surface area contributed by atoms with Gasteiger partial charge in [-0.15, -0.1) is 0 Å². The molecule has 2 heterocycles. The van der Waals surface area contributed by atoms with Gasteiger partial charge in [0.15, 0.2) is 0 Å². The highest BCUT2D eigenvalue weighted by Crippen LogP contribution is 2.26. The third kappa shape index (κ3) is 1.40. The average molecular weight is 190 g/mol. The van der Waals surface area contributed by atoms with Crippen LogP contribution in [0, 0.1) is 0 Å². The van der Waals surface area contributed by atoms with Gasteiger partial charge in [-0.25, -0.2) is 0 Å². The SMILES string of the molecule is CC(O)(c1ccoc1)c1cnccn1. The Morgan fingerprint density at radius 3 is 2.86 bits per heavy atom. The number of nitrogens with zero attached hydrogens (tertiary/aromatic N) is 2. The molecule has 0 aromatic carbocycles. The molecule has 14 heavy (non-hydrogen) atoms. The normalized spacial score (nSPS) is 15.0. The molecule has 2 aromatic heterocycles. The van der Waals surface area contributed by atoms with Crippen molar-refractivity contribution >= 4 is 0 Å². The van der Waals surface area contributed by atoms with E-state index in [2.05, 4.69) is 9.97 Å². The maximum absolute atomic E-state index is 10.2. The second kappa shape index (κ2) is 3.23. The van der Waals surface area contributed by atoms with Crippen molar-refractivity contribution in [3.8, 4) is 0 Å². The molecule has 1 N–H and O–H groups in total. The fourth-order valence-electron chi connectivity index (χ4n) is 1.24. The lowest BCUT2D eigenvalue weighted by Crippen LogP contribution is -2.23. The maximum atomic E-state index is 10.2. The van der Waals surface area contributed by atoms with E-state index in [0.717, 1.165) is 0 Å². The number of aromatic nitrogens is 2. The van der Waals surface area contributed by atoms with E-state index < -0.39 is 5.60 Å². The quantitative estimate of drug-likeness (QED) is 0.776. The first-order valence-corrected chi connectivity index (χ1v) is 4.23. The Hall–Kier alpha value is -1.68. The molecular formula is C10H10N2O2. The van der Waals surface area contributed by atoms with Crippen LogP contribution >= 0.6 is 0 Å². The van der Waals surface area contributed by atoms with Gasteiger partial charge in [0, 0.05) is 18.0 Å². The summed E-state index contributed by atoms with van der Waals surface area (Å²) >= 11 is 0. The Bertz CT molecular complexity index is 395. The van der Waals surface area contributed by atoms with Crippen LogP contribution in [0.5, 0.6) is 0 Å². The topological polar surface area (TPSA) is 59.2 Å². The van der Waals surface area contributed by atoms with Crippen LogP contribution in [0.1, 0.15) is 18.2 Å². The highest BCUT2D eigenvalue weighted by Gasteiger charge is 2.28. The van der Waals surface area contributed by atoms with Gasteiger partial charge in [-0.2, -0.15) is 0 Å². The molecule has 0 radical (unpaired) electrons. The highest BCUT2D eigenvalue weighted by molar-refractivity contribution is 5.26. The first kappa shape index (κ1) is 8.90. The number of hydrogen-bond acceptors (Lipinski definition) is 4. The van der Waals surface area contributed by atoms with Gasteiger partial charge < -0.3 is 9.52 Å². The summed E-state index contributed by atoms with van der Waals surface area (Å²) in [5.74, 6) is 0. The standard InChI is InChI=1S/C10H10N2O2/c1-10(13,8-2-5-14-7-8)9-6-11-3-4-12-9/h2-7,13H,1H3. The lowest BCUT2D eigenvalue weighted by molar-refractivity contribution is 0.0962. The molecule has 4 nitrogen and oxygen atoms in total. The van der Waals surface area contributed by atoms with E-state index in [9.17, 15) is 5.11 Å². The van der Waals surface area contributed by atoms with Crippen LogP contribution in [0.25, 0.3) is 0 Å². The highest BCUT2D eigenvalue weighted by atomic mass is 16.3. The molecule has 0 bridgehead atoms. The van der Waals surface area contributed by atoms with Gasteiger partial charge >= 0.3 is 0 Å². The molecule has 0 aliphatic heterocycles. The summed E-state index contributed by atoms with van der Waals surface area (Å²) in [5, 5.41) is 10.2. The predicted octanol–water partition coefficient (Wildman–Crippen LogP) is 1.33. The number of hydrogen-bond donors (Lipinski definition) is 1. The molecular weight excluding hydrogens is 180 g/mol. The molecule has 0 aliphatic rings. The number of furan rings is 1. The minimum absolute atomic E-state index is 0.501. The van der Waals surface area contributed by atoms with Crippen molar-refractivity contribution in [3.63, 3.8) is 0 Å². The summed E-state index contributed by atoms with van der Waals surface area (Å²) in [6.45, 7) is 1.65. The number of rotatable bonds is 2. The van der Waals surface area contributed by atoms with Gasteiger partial charge in [-0.05, 0) is 13.0 Å². The molecule has 0 aliphatic carbocycles. The molecule has 0 spiro atoms. The Morgan fingerprint density at radius 1 is 1.43 bits per heavy atom. The van der Waals surface area contributed by atoms with Gasteiger partial charge in [-0.3, -0.25) is 9.97 Å². The van der Waals surface area contributed by atoms with E-state index >= 15 is 0 Å². The molecule has 0 amide bonds. The minimum Gasteiger partial charge on any atom is -0.472 e. The summed E-state index contributed by atoms with van der Waals surface area (Å²) in [5.41, 5.74) is 0.0146. The molecule has 0 saturated heterocycles. The largest absolute Gasteiger partial charge is 0.472 e. The predicted molar refractivity (Wildman–Crippen MR) is 49.4 cm³/mol. The van der Waals surface area contributed by atoms with E-state index in [1.807, 2.05) is 0 Å². The Balaban J connectivity index is 2.43. The molecule has 2 aromatic rings. The first-order chi connectivity index (χ1) is 6.71. The lowest BCUT2D eigenvalue weighted by atomic mass is 9.96. The van der Waals surface area contributed by atoms with Crippen LogP contribution in [0.2, 0.25) is 0 Å². The smallest absolute Gasteiger partial charge is 0.133 e. The first-order valence-electron chi connectivity index (χ1n) is 4.23. The molecule has 0 fully saturated rings. The Labute approximate surface area is 81.2 Å². The monoisotopic (exact) mass is 190 g/mol. The molecule has 2 rings (SSSR count). The van der Waals surface area contributed by atoms with Crippen molar-refractivity contribution in [2.24, 2.45) is 0 Å². The van der Waals surface area contributed by atoms with Gasteiger partial charge in [0.25, 0.3) is 0 Å². The van der Waals surface area contributed by atoms with E-state index in [0.29, 0.717) is 11.3 Å². The minimum atomic E-state index is -1.15. The van der Waals surface area contributed by atoms with Gasteiger partial charge in [-0.1, -0.05) is 0 Å². The fourth-order valence-corrected chi connectivity index (χ4v) is 1.24. The van der Waals surface area contributed by atoms with Crippen molar-refractivity contribution in [2.75, 3.05) is 0 Å². The lowest BCUT2D eigenvalue weighted by Gasteiger charge is -2.20. The third-order valence-electron chi connectivity index (χ3n) is 2.15. The van der Waals surface area contributed by atoms with Crippen molar-refractivity contribution < 1.29 is 9.52 Å². The summed E-state index contributed by atoms with van der Waals surface area (Å²) in [4.78, 5) is 7.96. The average Bonchev–Trinajstić information content (AvgIpc) is 2.72. The van der Waals surface area contributed by atoms with Crippen LogP contribution in [0.3, 0.4) is 0 Å². The fraction of sp³-hybridized carbons (Fsp3) is 0.200. The molecule has 1 atom stereocenters. The van der Waals surface area contributed by atoms with Crippen LogP contribution < -0.4 is 0 Å². The van der Waals surface area contributed by atoms with E-state index in [4.69, 9.17) is 4.42 Å². The van der Waals surface area contributed by atoms with Crippen molar-refractivity contribution in [3.05, 3.63) is 48.4 Å². The molecule has 4 heteroatoms. The third-order valence-corrected chi connectivity index (χ3v) is 2.15. The van der Waals surface area contributed by atoms with Gasteiger partial charge in [0.1, 0.15) is 5.60 Å². The summed E-state index contributed by atoms with van der Waals surface area (Å²) < 4.78 is 4.91. The summed E-state index contributed by atoms with van der Waals surface area (Å²) in [7, 11) is 0. The van der Waals surface area contributed by atoms with Gasteiger partial charge in [0.05, 0.1) is 24.4 Å². The Morgan fingerprint density at radius 2 is 2.29 bits per heavy atom. The van der Waals surface area contributed by atoms with Crippen LogP contribution in [-0.4, -0.2) is 15.1 Å². The van der Waals surface area contributed by atoms with E-state index in [1.165, 1.54) is 18.7 Å². The van der Waals surface area contributed by atoms with E-state index in [-0.39, 0.29) is 0 Å². The van der Waals surface area contributed by atoms with E-state index in [1.54, 1.807) is 25.4 Å².